The van der Waals surface area contributed by atoms with E-state index >= 15 is 0 Å². The van der Waals surface area contributed by atoms with Crippen LogP contribution < -0.4 is 5.73 Å². The molecule has 1 aromatic carbocycles. The van der Waals surface area contributed by atoms with Crippen molar-refractivity contribution in [3.8, 4) is 10.8 Å². The normalized spacial score (nSPS) is 16.7. The van der Waals surface area contributed by atoms with Gasteiger partial charge in [-0.1, -0.05) is 0 Å². The van der Waals surface area contributed by atoms with Gasteiger partial charge in [-0.3, -0.25) is 4.79 Å². The van der Waals surface area contributed by atoms with Crippen molar-refractivity contribution >= 4 is 23.4 Å². The van der Waals surface area contributed by atoms with Crippen molar-refractivity contribution in [1.82, 2.24) is 29.0 Å². The molecule has 1 aliphatic rings. The highest BCUT2D eigenvalue weighted by molar-refractivity contribution is 7.09. The standard InChI is InChI=1S/C15H14FN7OS/c1-8-11-19-20-12(13-18-15(17)21-25-13)23(11)7-6-22(8)14(24)9-2-4-10(16)5-3-9/h2-5,8H,6-7H2,1H3,(H2,17,21)/t8-/m1/s1. The summed E-state index contributed by atoms with van der Waals surface area (Å²) >= 11 is 1.16. The van der Waals surface area contributed by atoms with E-state index in [4.69, 9.17) is 5.73 Å². The lowest BCUT2D eigenvalue weighted by Crippen LogP contribution is -2.41. The molecule has 2 aromatic heterocycles. The second-order valence-corrected chi connectivity index (χ2v) is 6.42. The predicted octanol–water partition coefficient (Wildman–Crippen LogP) is 1.73. The van der Waals surface area contributed by atoms with Crippen LogP contribution in [0.1, 0.15) is 29.1 Å². The molecular formula is C15H14FN7OS. The van der Waals surface area contributed by atoms with Crippen LogP contribution in [0.15, 0.2) is 24.3 Å². The largest absolute Gasteiger partial charge is 0.367 e. The van der Waals surface area contributed by atoms with Gasteiger partial charge in [-0.15, -0.1) is 10.2 Å². The van der Waals surface area contributed by atoms with Crippen LogP contribution in [0.2, 0.25) is 0 Å². The second-order valence-electron chi connectivity index (χ2n) is 5.67. The molecule has 3 heterocycles. The minimum atomic E-state index is -0.371. The smallest absolute Gasteiger partial charge is 0.254 e. The van der Waals surface area contributed by atoms with Gasteiger partial charge in [-0.05, 0) is 42.7 Å². The van der Waals surface area contributed by atoms with Gasteiger partial charge in [-0.2, -0.15) is 9.36 Å². The van der Waals surface area contributed by atoms with Crippen molar-refractivity contribution in [2.24, 2.45) is 0 Å². The molecule has 10 heteroatoms. The number of nitrogen functional groups attached to an aromatic ring is 1. The molecule has 25 heavy (non-hydrogen) atoms. The van der Waals surface area contributed by atoms with Crippen molar-refractivity contribution in [2.45, 2.75) is 19.5 Å². The van der Waals surface area contributed by atoms with Crippen LogP contribution in [0.4, 0.5) is 10.3 Å². The SMILES string of the molecule is C[C@@H]1c2nnc(-c3nc(N)ns3)n2CCN1C(=O)c1ccc(F)cc1. The Morgan fingerprint density at radius 2 is 2.04 bits per heavy atom. The Bertz CT molecular complexity index is 936. The number of benzene rings is 1. The van der Waals surface area contributed by atoms with Crippen LogP contribution >= 0.6 is 11.5 Å². The first-order chi connectivity index (χ1) is 12.0. The Hall–Kier alpha value is -2.88. The Labute approximate surface area is 146 Å². The number of halogens is 1. The van der Waals surface area contributed by atoms with Crippen LogP contribution in [0, 0.1) is 5.82 Å². The summed E-state index contributed by atoms with van der Waals surface area (Å²) < 4.78 is 19.0. The molecule has 0 saturated carbocycles. The molecule has 0 unspecified atom stereocenters. The lowest BCUT2D eigenvalue weighted by Gasteiger charge is -2.33. The Morgan fingerprint density at radius 1 is 1.28 bits per heavy atom. The highest BCUT2D eigenvalue weighted by Gasteiger charge is 2.32. The lowest BCUT2D eigenvalue weighted by molar-refractivity contribution is 0.0638. The number of anilines is 1. The highest BCUT2D eigenvalue weighted by Crippen LogP contribution is 2.30. The van der Waals surface area contributed by atoms with Crippen molar-refractivity contribution in [2.75, 3.05) is 12.3 Å². The Balaban J connectivity index is 1.63. The van der Waals surface area contributed by atoms with E-state index in [2.05, 4.69) is 19.6 Å². The summed E-state index contributed by atoms with van der Waals surface area (Å²) in [6, 6.07) is 5.26. The fourth-order valence-corrected chi connectivity index (χ4v) is 3.49. The van der Waals surface area contributed by atoms with Gasteiger partial charge in [0.1, 0.15) is 5.82 Å². The average molecular weight is 359 g/mol. The van der Waals surface area contributed by atoms with Crippen molar-refractivity contribution in [1.29, 1.82) is 0 Å². The maximum atomic E-state index is 13.1. The number of aromatic nitrogens is 5. The van der Waals surface area contributed by atoms with Crippen LogP contribution in [-0.4, -0.2) is 41.5 Å². The molecule has 0 radical (unpaired) electrons. The third-order valence-electron chi connectivity index (χ3n) is 4.17. The number of carbonyl (C=O) groups is 1. The third kappa shape index (κ3) is 2.64. The summed E-state index contributed by atoms with van der Waals surface area (Å²) in [6.45, 7) is 2.91. The maximum absolute atomic E-state index is 13.1. The Kier molecular flexibility index (Phi) is 3.68. The van der Waals surface area contributed by atoms with E-state index in [9.17, 15) is 9.18 Å². The summed E-state index contributed by atoms with van der Waals surface area (Å²) in [4.78, 5) is 18.6. The first kappa shape index (κ1) is 15.6. The number of carbonyl (C=O) groups excluding carboxylic acids is 1. The van der Waals surface area contributed by atoms with Crippen LogP contribution in [-0.2, 0) is 6.54 Å². The molecular weight excluding hydrogens is 345 g/mol. The van der Waals surface area contributed by atoms with Gasteiger partial charge in [0.25, 0.3) is 5.91 Å². The second kappa shape index (κ2) is 5.88. The summed E-state index contributed by atoms with van der Waals surface area (Å²) in [7, 11) is 0. The Morgan fingerprint density at radius 3 is 2.72 bits per heavy atom. The number of amides is 1. The van der Waals surface area contributed by atoms with Gasteiger partial charge in [0.2, 0.25) is 5.95 Å². The molecule has 0 fully saturated rings. The van der Waals surface area contributed by atoms with E-state index in [-0.39, 0.29) is 23.7 Å². The number of hydrogen-bond acceptors (Lipinski definition) is 7. The average Bonchev–Trinajstić information content (AvgIpc) is 3.21. The van der Waals surface area contributed by atoms with Gasteiger partial charge in [0, 0.05) is 18.7 Å². The lowest BCUT2D eigenvalue weighted by atomic mass is 10.1. The van der Waals surface area contributed by atoms with E-state index < -0.39 is 0 Å². The molecule has 4 rings (SSSR count). The van der Waals surface area contributed by atoms with Crippen LogP contribution in [0.25, 0.3) is 10.8 Å². The van der Waals surface area contributed by atoms with Gasteiger partial charge < -0.3 is 15.2 Å². The molecule has 8 nitrogen and oxygen atoms in total. The van der Waals surface area contributed by atoms with E-state index in [1.807, 2.05) is 11.5 Å². The van der Waals surface area contributed by atoms with Crippen molar-refractivity contribution < 1.29 is 9.18 Å². The summed E-state index contributed by atoms with van der Waals surface area (Å²) in [5.74, 6) is 0.942. The van der Waals surface area contributed by atoms with Crippen LogP contribution in [0.3, 0.4) is 0 Å². The van der Waals surface area contributed by atoms with Gasteiger partial charge >= 0.3 is 0 Å². The third-order valence-corrected chi connectivity index (χ3v) is 4.90. The summed E-state index contributed by atoms with van der Waals surface area (Å²) in [5.41, 5.74) is 6.02. The number of rotatable bonds is 2. The van der Waals surface area contributed by atoms with Crippen molar-refractivity contribution in [3.05, 3.63) is 41.5 Å². The summed E-state index contributed by atoms with van der Waals surface area (Å²) in [6.07, 6.45) is 0. The molecule has 0 bridgehead atoms. The van der Waals surface area contributed by atoms with Gasteiger partial charge in [0.15, 0.2) is 16.7 Å². The number of hydrogen-bond donors (Lipinski definition) is 1. The van der Waals surface area contributed by atoms with Crippen LogP contribution in [0.5, 0.6) is 0 Å². The van der Waals surface area contributed by atoms with E-state index in [1.165, 1.54) is 24.3 Å². The molecule has 0 spiro atoms. The first-order valence-electron chi connectivity index (χ1n) is 7.64. The molecule has 2 N–H and O–H groups in total. The zero-order valence-electron chi connectivity index (χ0n) is 13.3. The number of nitrogens with zero attached hydrogens (tertiary/aromatic N) is 6. The molecule has 1 aliphatic heterocycles. The highest BCUT2D eigenvalue weighted by atomic mass is 32.1. The maximum Gasteiger partial charge on any atom is 0.254 e. The first-order valence-corrected chi connectivity index (χ1v) is 8.41. The summed E-state index contributed by atoms with van der Waals surface area (Å²) in [5, 5.41) is 9.01. The van der Waals surface area contributed by atoms with Gasteiger partial charge in [0.05, 0.1) is 6.04 Å². The zero-order valence-corrected chi connectivity index (χ0v) is 14.1. The molecule has 128 valence electrons. The van der Waals surface area contributed by atoms with E-state index in [0.29, 0.717) is 35.3 Å². The topological polar surface area (TPSA) is 103 Å². The molecule has 0 saturated heterocycles. The predicted molar refractivity (Wildman–Crippen MR) is 89.2 cm³/mol. The quantitative estimate of drug-likeness (QED) is 0.747. The fraction of sp³-hybridized carbons (Fsp3) is 0.267. The van der Waals surface area contributed by atoms with E-state index in [0.717, 1.165) is 11.5 Å². The molecule has 3 aromatic rings. The molecule has 0 aliphatic carbocycles. The fourth-order valence-electron chi connectivity index (χ4n) is 2.90. The molecule has 1 amide bonds. The minimum Gasteiger partial charge on any atom is -0.367 e. The van der Waals surface area contributed by atoms with E-state index in [1.54, 1.807) is 4.90 Å². The zero-order chi connectivity index (χ0) is 17.6. The monoisotopic (exact) mass is 359 g/mol. The van der Waals surface area contributed by atoms with Crippen molar-refractivity contribution in [3.63, 3.8) is 0 Å². The molecule has 1 atom stereocenters. The minimum absolute atomic E-state index is 0.163. The van der Waals surface area contributed by atoms with Gasteiger partial charge in [-0.25, -0.2) is 4.39 Å². The number of nitrogens with two attached hydrogens (primary N) is 1. The number of fused-ring (bicyclic) bond motifs is 1.